The zero-order valence-electron chi connectivity index (χ0n) is 16.0. The van der Waals surface area contributed by atoms with Crippen LogP contribution in [0.25, 0.3) is 5.65 Å². The first-order valence-electron chi connectivity index (χ1n) is 9.64. The lowest BCUT2D eigenvalue weighted by molar-refractivity contribution is -0.124. The van der Waals surface area contributed by atoms with E-state index in [-0.39, 0.29) is 18.0 Å². The molecule has 2 aromatic heterocycles. The van der Waals surface area contributed by atoms with Gasteiger partial charge in [0.05, 0.1) is 11.5 Å². The minimum absolute atomic E-state index is 0.0157. The van der Waals surface area contributed by atoms with Gasteiger partial charge >= 0.3 is 0 Å². The lowest BCUT2D eigenvalue weighted by atomic mass is 9.82. The van der Waals surface area contributed by atoms with Crippen molar-refractivity contribution in [3.8, 4) is 0 Å². The number of hydrogen-bond acceptors (Lipinski definition) is 7. The number of nitrogens with zero attached hydrogens (tertiary/aromatic N) is 5. The van der Waals surface area contributed by atoms with E-state index in [1.165, 1.54) is 0 Å². The van der Waals surface area contributed by atoms with E-state index in [2.05, 4.69) is 36.7 Å². The van der Waals surface area contributed by atoms with E-state index >= 15 is 0 Å². The lowest BCUT2D eigenvalue weighted by Gasteiger charge is -2.22. The van der Waals surface area contributed by atoms with E-state index in [0.29, 0.717) is 11.6 Å². The molecule has 1 amide bonds. The first kappa shape index (κ1) is 17.2. The van der Waals surface area contributed by atoms with Gasteiger partial charge < -0.3 is 21.3 Å². The van der Waals surface area contributed by atoms with Crippen molar-refractivity contribution in [2.45, 2.75) is 38.8 Å². The molecule has 0 radical (unpaired) electrons. The summed E-state index contributed by atoms with van der Waals surface area (Å²) in [5.74, 6) is 1.39. The van der Waals surface area contributed by atoms with Crippen LogP contribution in [-0.2, 0) is 4.79 Å². The summed E-state index contributed by atoms with van der Waals surface area (Å²) >= 11 is 0. The number of carbonyl (C=O) groups excluding carboxylic acids is 1. The summed E-state index contributed by atoms with van der Waals surface area (Å²) in [6.07, 6.45) is 9.43. The van der Waals surface area contributed by atoms with Gasteiger partial charge in [-0.2, -0.15) is 4.98 Å². The maximum atomic E-state index is 12.2. The van der Waals surface area contributed by atoms with Gasteiger partial charge in [0, 0.05) is 37.2 Å². The van der Waals surface area contributed by atoms with Gasteiger partial charge in [-0.05, 0) is 38.3 Å². The molecule has 2 atom stereocenters. The van der Waals surface area contributed by atoms with E-state index in [4.69, 9.17) is 5.73 Å². The Bertz CT molecular complexity index is 1020. The molecule has 1 aliphatic carbocycles. The van der Waals surface area contributed by atoms with Crippen LogP contribution in [0.1, 0.15) is 26.7 Å². The van der Waals surface area contributed by atoms with Crippen LogP contribution >= 0.6 is 0 Å². The Morgan fingerprint density at radius 3 is 3.04 bits per heavy atom. The van der Waals surface area contributed by atoms with Crippen molar-refractivity contribution < 1.29 is 4.79 Å². The molecule has 3 aliphatic rings. The zero-order chi connectivity index (χ0) is 19.5. The maximum absolute atomic E-state index is 12.2. The first-order valence-corrected chi connectivity index (χ1v) is 9.64. The highest BCUT2D eigenvalue weighted by atomic mass is 16.2. The molecule has 1 unspecified atom stereocenters. The molecule has 2 aliphatic heterocycles. The Balaban J connectivity index is 1.39. The predicted octanol–water partition coefficient (Wildman–Crippen LogP) is 0.812. The quantitative estimate of drug-likeness (QED) is 0.722. The molecule has 0 aromatic carbocycles. The fourth-order valence-corrected chi connectivity index (χ4v) is 4.15. The number of allylic oxidation sites excluding steroid dienone is 1. The Labute approximate surface area is 162 Å². The zero-order valence-corrected chi connectivity index (χ0v) is 16.0. The minimum atomic E-state index is -0.477. The first-order chi connectivity index (χ1) is 13.4. The van der Waals surface area contributed by atoms with E-state index < -0.39 is 5.41 Å². The van der Waals surface area contributed by atoms with E-state index in [1.807, 2.05) is 19.9 Å². The highest BCUT2D eigenvalue weighted by molar-refractivity contribution is 5.93. The molecule has 4 N–H and O–H groups in total. The summed E-state index contributed by atoms with van der Waals surface area (Å²) in [6, 6.07) is 0.185. The van der Waals surface area contributed by atoms with Crippen LogP contribution in [0.15, 0.2) is 35.8 Å². The highest BCUT2D eigenvalue weighted by Crippen LogP contribution is 2.39. The van der Waals surface area contributed by atoms with Crippen LogP contribution in [0.4, 0.5) is 11.8 Å². The van der Waals surface area contributed by atoms with Crippen molar-refractivity contribution in [3.63, 3.8) is 0 Å². The van der Waals surface area contributed by atoms with Gasteiger partial charge in [-0.1, -0.05) is 6.08 Å². The third-order valence-electron chi connectivity index (χ3n) is 5.80. The average molecular weight is 380 g/mol. The molecule has 2 aromatic rings. The summed E-state index contributed by atoms with van der Waals surface area (Å²) in [7, 11) is 0. The number of anilines is 2. The van der Waals surface area contributed by atoms with Crippen LogP contribution in [0.3, 0.4) is 0 Å². The molecular weight excluding hydrogens is 356 g/mol. The number of rotatable bonds is 3. The van der Waals surface area contributed by atoms with Gasteiger partial charge in [0.15, 0.2) is 11.5 Å². The van der Waals surface area contributed by atoms with Gasteiger partial charge in [0.1, 0.15) is 0 Å². The van der Waals surface area contributed by atoms with E-state index in [1.54, 1.807) is 16.9 Å². The van der Waals surface area contributed by atoms with Crippen LogP contribution in [0, 0.1) is 5.41 Å². The second kappa shape index (κ2) is 6.03. The summed E-state index contributed by atoms with van der Waals surface area (Å²) in [5, 5.41) is 10.9. The van der Waals surface area contributed by atoms with Gasteiger partial charge in [-0.25, -0.2) is 9.50 Å². The largest absolute Gasteiger partial charge is 0.352 e. The fourth-order valence-electron chi connectivity index (χ4n) is 4.15. The second-order valence-corrected chi connectivity index (χ2v) is 8.21. The van der Waals surface area contributed by atoms with Crippen LogP contribution in [0.2, 0.25) is 0 Å². The molecule has 28 heavy (non-hydrogen) atoms. The smallest absolute Gasteiger partial charge is 0.243 e. The predicted molar refractivity (Wildman–Crippen MR) is 106 cm³/mol. The van der Waals surface area contributed by atoms with Crippen molar-refractivity contribution in [2.24, 2.45) is 11.1 Å². The van der Waals surface area contributed by atoms with Crippen LogP contribution in [0.5, 0.6) is 0 Å². The number of fused-ring (bicyclic) bond motifs is 2. The summed E-state index contributed by atoms with van der Waals surface area (Å²) < 4.78 is 1.74. The summed E-state index contributed by atoms with van der Waals surface area (Å²) in [6.45, 7) is 5.55. The second-order valence-electron chi connectivity index (χ2n) is 8.21. The van der Waals surface area contributed by atoms with Crippen molar-refractivity contribution in [3.05, 3.63) is 35.8 Å². The minimum Gasteiger partial charge on any atom is -0.352 e. The van der Waals surface area contributed by atoms with Crippen molar-refractivity contribution in [1.29, 1.82) is 0 Å². The van der Waals surface area contributed by atoms with Crippen molar-refractivity contribution in [2.75, 3.05) is 23.3 Å². The van der Waals surface area contributed by atoms with Crippen LogP contribution < -0.4 is 21.3 Å². The number of carbonyl (C=O) groups is 1. The molecule has 5 rings (SSSR count). The molecule has 0 saturated carbocycles. The molecule has 9 heteroatoms. The highest BCUT2D eigenvalue weighted by Gasteiger charge is 2.42. The Morgan fingerprint density at radius 2 is 2.25 bits per heavy atom. The van der Waals surface area contributed by atoms with E-state index in [9.17, 15) is 4.79 Å². The summed E-state index contributed by atoms with van der Waals surface area (Å²) in [5.41, 5.74) is 8.23. The standard InChI is InChI=1S/C19H24N8O/c1-19(2)13-4-3-12(9-14(13)23-17(19)28)22-18-24-16-15(21-6-8-27(16)25-18)26-7-5-11(20)10-26/h4,6,8-9,11-12H,3,5,7,10,20H2,1-2H3,(H,22,25)(H,23,28)/t11-,12?/m0/s1. The fraction of sp³-hybridized carbons (Fsp3) is 0.474. The number of hydrogen-bond donors (Lipinski definition) is 3. The average Bonchev–Trinajstić information content (AvgIpc) is 3.31. The van der Waals surface area contributed by atoms with Crippen molar-refractivity contribution in [1.82, 2.24) is 24.9 Å². The molecule has 4 heterocycles. The van der Waals surface area contributed by atoms with Gasteiger partial charge in [0.25, 0.3) is 0 Å². The van der Waals surface area contributed by atoms with E-state index in [0.717, 1.165) is 43.0 Å². The monoisotopic (exact) mass is 380 g/mol. The number of nitrogens with one attached hydrogen (secondary N) is 2. The Kier molecular flexibility index (Phi) is 3.70. The third kappa shape index (κ3) is 2.65. The summed E-state index contributed by atoms with van der Waals surface area (Å²) in [4.78, 5) is 23.5. The Morgan fingerprint density at radius 1 is 1.39 bits per heavy atom. The number of amides is 1. The van der Waals surface area contributed by atoms with Gasteiger partial charge in [0.2, 0.25) is 11.9 Å². The number of aromatic nitrogens is 4. The third-order valence-corrected chi connectivity index (χ3v) is 5.80. The molecule has 146 valence electrons. The molecular formula is C19H24N8O. The van der Waals surface area contributed by atoms with Gasteiger partial charge in [-0.3, -0.25) is 4.79 Å². The number of nitrogens with two attached hydrogens (primary N) is 1. The molecule has 9 nitrogen and oxygen atoms in total. The van der Waals surface area contributed by atoms with Crippen LogP contribution in [-0.4, -0.2) is 50.7 Å². The molecule has 0 spiro atoms. The van der Waals surface area contributed by atoms with Crippen molar-refractivity contribution >= 4 is 23.3 Å². The molecule has 2 saturated heterocycles. The SMILES string of the molecule is CC1(C)C(=O)NC2=CC(Nc3nc4c(N5CC[C@H](N)C5)nccn4n3)CC=C21. The lowest BCUT2D eigenvalue weighted by Crippen LogP contribution is -2.27. The molecule has 2 fully saturated rings. The molecule has 0 bridgehead atoms. The topological polar surface area (TPSA) is 113 Å². The normalized spacial score (nSPS) is 26.1. The maximum Gasteiger partial charge on any atom is 0.243 e. The van der Waals surface area contributed by atoms with Gasteiger partial charge in [-0.15, -0.1) is 5.10 Å². The Hall–Kier alpha value is -2.94.